The summed E-state index contributed by atoms with van der Waals surface area (Å²) in [7, 11) is -3.86. The topological polar surface area (TPSA) is 223 Å². The maximum Gasteiger partial charge on any atom is 0.268 e. The van der Waals surface area contributed by atoms with E-state index in [1.54, 1.807) is 79.1 Å². The van der Waals surface area contributed by atoms with Gasteiger partial charge in [-0.2, -0.15) is 0 Å². The van der Waals surface area contributed by atoms with Crippen molar-refractivity contribution in [2.45, 2.75) is 56.5 Å². The standard InChI is InChI=1S/C31H29ClN6O3S.C25H25ClN6O/c1-20-17-21(11-12-27(20)33)30(39)37-15-13-22(14-16-37)35-31-34-18-26(32)29(36-31)25-19-38(28-10-6-5-9-24(25)28)42(40,41)23-7-3-2-4-8-23;1-15-12-16(6-7-21(15)27)24(33)32-10-8-17(9-11-32)30-25-29-14-20(26)23(31-25)19-13-28-22-5-3-2-4-18(19)22/h2-12,17-19,22H,13-16,33H2,1H3,(H,34,35,36);2-7,12-14,17,28H,8-11,27H2,1H3,(H,29,30,31). The van der Waals surface area contributed by atoms with Gasteiger partial charge < -0.3 is 36.9 Å². The van der Waals surface area contributed by atoms with Crippen LogP contribution in [-0.2, 0) is 10.0 Å². The molecule has 0 atom stereocenters. The lowest BCUT2D eigenvalue weighted by Gasteiger charge is -2.32. The van der Waals surface area contributed by atoms with Crippen LogP contribution < -0.4 is 22.1 Å². The van der Waals surface area contributed by atoms with Crippen LogP contribution >= 0.6 is 23.2 Å². The number of carbonyl (C=O) groups is 2. The van der Waals surface area contributed by atoms with E-state index in [0.29, 0.717) is 98.5 Å². The molecule has 0 bridgehead atoms. The Labute approximate surface area is 444 Å². The second-order valence-corrected chi connectivity index (χ2v) is 21.4. The summed E-state index contributed by atoms with van der Waals surface area (Å²) >= 11 is 13.0. The number of aromatic nitrogens is 6. The number of benzene rings is 5. The average Bonchev–Trinajstić information content (AvgIpc) is 4.05. The van der Waals surface area contributed by atoms with E-state index in [4.69, 9.17) is 44.6 Å². The van der Waals surface area contributed by atoms with Crippen LogP contribution in [0, 0.1) is 13.8 Å². The van der Waals surface area contributed by atoms with Crippen LogP contribution in [0.2, 0.25) is 10.0 Å². The van der Waals surface area contributed by atoms with Gasteiger partial charge in [-0.25, -0.2) is 32.3 Å². The van der Waals surface area contributed by atoms with Crippen molar-refractivity contribution in [3.05, 3.63) is 172 Å². The number of fused-ring (bicyclic) bond motifs is 2. The first kappa shape index (κ1) is 50.5. The Hall–Kier alpha value is -7.99. The summed E-state index contributed by atoms with van der Waals surface area (Å²) in [6.45, 7) is 6.32. The number of halogens is 2. The van der Waals surface area contributed by atoms with Gasteiger partial charge in [0.25, 0.3) is 21.8 Å². The highest BCUT2D eigenvalue weighted by Gasteiger charge is 2.28. The third-order valence-corrected chi connectivity index (χ3v) is 16.1. The summed E-state index contributed by atoms with van der Waals surface area (Å²) in [5.74, 6) is 0.957. The lowest BCUT2D eigenvalue weighted by Crippen LogP contribution is -2.42. The molecule has 19 heteroatoms. The van der Waals surface area contributed by atoms with Gasteiger partial charge in [-0.3, -0.25) is 9.59 Å². The first-order valence-corrected chi connectivity index (χ1v) is 26.8. The van der Waals surface area contributed by atoms with Crippen molar-refractivity contribution in [1.82, 2.24) is 38.7 Å². The Morgan fingerprint density at radius 3 is 1.64 bits per heavy atom. The second-order valence-electron chi connectivity index (χ2n) is 18.8. The highest BCUT2D eigenvalue weighted by molar-refractivity contribution is 7.90. The largest absolute Gasteiger partial charge is 0.399 e. The Kier molecular flexibility index (Phi) is 14.5. The summed E-state index contributed by atoms with van der Waals surface area (Å²) < 4.78 is 28.4. The summed E-state index contributed by atoms with van der Waals surface area (Å²) in [6.07, 6.45) is 9.70. The molecule has 75 heavy (non-hydrogen) atoms. The van der Waals surface area contributed by atoms with Crippen LogP contribution in [0.4, 0.5) is 23.3 Å². The fourth-order valence-corrected chi connectivity index (χ4v) is 11.3. The predicted octanol–water partition coefficient (Wildman–Crippen LogP) is 10.5. The number of aryl methyl sites for hydroxylation is 2. The van der Waals surface area contributed by atoms with Gasteiger partial charge in [-0.05, 0) is 111 Å². The number of hydrogen-bond acceptors (Lipinski definition) is 12. The quantitative estimate of drug-likeness (QED) is 0.0807. The number of rotatable bonds is 10. The number of anilines is 4. The van der Waals surface area contributed by atoms with Crippen molar-refractivity contribution in [3.63, 3.8) is 0 Å². The Morgan fingerprint density at radius 1 is 0.627 bits per heavy atom. The van der Waals surface area contributed by atoms with Crippen LogP contribution in [0.15, 0.2) is 145 Å². The van der Waals surface area contributed by atoms with Gasteiger partial charge in [0, 0.05) is 101 Å². The summed E-state index contributed by atoms with van der Waals surface area (Å²) in [4.78, 5) is 51.3. The van der Waals surface area contributed by atoms with E-state index in [1.165, 1.54) is 10.2 Å². The number of hydrogen-bond donors (Lipinski definition) is 5. The van der Waals surface area contributed by atoms with Crippen LogP contribution in [-0.4, -0.2) is 97.2 Å². The van der Waals surface area contributed by atoms with Gasteiger partial charge >= 0.3 is 0 Å². The van der Waals surface area contributed by atoms with E-state index in [9.17, 15) is 18.0 Å². The molecular formula is C56H54Cl2N12O4S. The predicted molar refractivity (Wildman–Crippen MR) is 298 cm³/mol. The fraction of sp³-hybridized carbons (Fsp3) is 0.214. The molecular weight excluding hydrogens is 1010 g/mol. The number of likely N-dealkylation sites (tertiary alicyclic amines) is 2. The third kappa shape index (κ3) is 10.7. The minimum absolute atomic E-state index is 0.0107. The van der Waals surface area contributed by atoms with E-state index in [-0.39, 0.29) is 28.8 Å². The zero-order valence-corrected chi connectivity index (χ0v) is 43.5. The van der Waals surface area contributed by atoms with Crippen molar-refractivity contribution >= 4 is 90.1 Å². The molecule has 0 unspecified atom stereocenters. The first-order chi connectivity index (χ1) is 36.2. The normalized spacial score (nSPS) is 14.4. The molecule has 2 aliphatic rings. The van der Waals surface area contributed by atoms with Gasteiger partial charge in [-0.15, -0.1) is 0 Å². The number of carbonyl (C=O) groups excluding carboxylic acids is 2. The van der Waals surface area contributed by atoms with Crippen molar-refractivity contribution in [1.29, 1.82) is 0 Å². The van der Waals surface area contributed by atoms with Crippen LogP contribution in [0.25, 0.3) is 44.3 Å². The fourth-order valence-electron chi connectivity index (χ4n) is 9.56. The van der Waals surface area contributed by atoms with Gasteiger partial charge in [-0.1, -0.05) is 77.8 Å². The molecule has 9 aromatic rings. The molecule has 5 aromatic carbocycles. The lowest BCUT2D eigenvalue weighted by molar-refractivity contribution is 0.0710. The number of piperidine rings is 2. The van der Waals surface area contributed by atoms with Crippen LogP contribution in [0.5, 0.6) is 0 Å². The highest BCUT2D eigenvalue weighted by Crippen LogP contribution is 2.37. The van der Waals surface area contributed by atoms with Crippen molar-refractivity contribution in [2.24, 2.45) is 0 Å². The van der Waals surface area contributed by atoms with Crippen molar-refractivity contribution in [2.75, 3.05) is 48.3 Å². The molecule has 0 aliphatic carbocycles. The third-order valence-electron chi connectivity index (χ3n) is 13.8. The molecule has 7 N–H and O–H groups in total. The number of nitrogen functional groups attached to an aromatic ring is 2. The molecule has 0 saturated carbocycles. The lowest BCUT2D eigenvalue weighted by atomic mass is 10.0. The van der Waals surface area contributed by atoms with E-state index in [2.05, 4.69) is 25.6 Å². The van der Waals surface area contributed by atoms with E-state index in [1.807, 2.05) is 78.4 Å². The molecule has 16 nitrogen and oxygen atoms in total. The van der Waals surface area contributed by atoms with Crippen LogP contribution in [0.1, 0.15) is 57.5 Å². The van der Waals surface area contributed by atoms with Gasteiger partial charge in [0.05, 0.1) is 44.2 Å². The zero-order chi connectivity index (χ0) is 52.4. The molecule has 2 amide bonds. The molecule has 0 spiro atoms. The zero-order valence-electron chi connectivity index (χ0n) is 41.2. The Bertz CT molecular complexity index is 3700. The summed E-state index contributed by atoms with van der Waals surface area (Å²) in [6, 6.07) is 34.6. The number of H-pyrrole nitrogens is 1. The molecule has 4 aromatic heterocycles. The average molecular weight is 1060 g/mol. The number of nitrogens with zero attached hydrogens (tertiary/aromatic N) is 7. The van der Waals surface area contributed by atoms with E-state index in [0.717, 1.165) is 53.3 Å². The summed E-state index contributed by atoms with van der Waals surface area (Å²) in [5, 5.41) is 9.39. The van der Waals surface area contributed by atoms with E-state index < -0.39 is 10.0 Å². The Morgan fingerprint density at radius 2 is 1.11 bits per heavy atom. The Balaban J connectivity index is 0.000000176. The summed E-state index contributed by atoms with van der Waals surface area (Å²) in [5.41, 5.74) is 20.5. The number of aromatic amines is 1. The smallest absolute Gasteiger partial charge is 0.268 e. The minimum atomic E-state index is -3.86. The van der Waals surface area contributed by atoms with Crippen LogP contribution in [0.3, 0.4) is 0 Å². The number of amides is 2. The maximum absolute atomic E-state index is 13.6. The minimum Gasteiger partial charge on any atom is -0.399 e. The van der Waals surface area contributed by atoms with E-state index >= 15 is 0 Å². The van der Waals surface area contributed by atoms with Gasteiger partial charge in [0.2, 0.25) is 11.9 Å². The number of para-hydroxylation sites is 2. The van der Waals surface area contributed by atoms with Gasteiger partial charge in [0.1, 0.15) is 0 Å². The first-order valence-electron chi connectivity index (χ1n) is 24.6. The molecule has 0 radical (unpaired) electrons. The molecule has 382 valence electrons. The second kappa shape index (κ2) is 21.5. The van der Waals surface area contributed by atoms with Crippen molar-refractivity contribution in [3.8, 4) is 22.5 Å². The number of nitrogens with one attached hydrogen (secondary N) is 3. The monoisotopic (exact) mass is 1060 g/mol. The maximum atomic E-state index is 13.6. The molecule has 2 fully saturated rings. The number of nitrogens with two attached hydrogens (primary N) is 2. The molecule has 2 saturated heterocycles. The van der Waals surface area contributed by atoms with Gasteiger partial charge in [0.15, 0.2) is 0 Å². The van der Waals surface area contributed by atoms with Crippen molar-refractivity contribution < 1.29 is 18.0 Å². The molecule has 11 rings (SSSR count). The molecule has 2 aliphatic heterocycles. The highest BCUT2D eigenvalue weighted by atomic mass is 35.5. The molecule has 6 heterocycles. The SMILES string of the molecule is Cc1cc(C(=O)N2CCC(Nc3ncc(Cl)c(-c4c[nH]c5ccccc45)n3)CC2)ccc1N.Cc1cc(C(=O)N2CCC(Nc3ncc(Cl)c(-c4cn(S(=O)(=O)c5ccccc5)c5ccccc45)n3)CC2)ccc1N.